The van der Waals surface area contributed by atoms with Crippen molar-refractivity contribution in [3.05, 3.63) is 24.3 Å². The summed E-state index contributed by atoms with van der Waals surface area (Å²) < 4.78 is 32.0. The number of rotatable bonds is 5. The molecule has 0 bridgehead atoms. The van der Waals surface area contributed by atoms with Crippen LogP contribution in [0.5, 0.6) is 5.75 Å². The van der Waals surface area contributed by atoms with E-state index in [1.165, 1.54) is 15.6 Å². The van der Waals surface area contributed by atoms with Gasteiger partial charge in [-0.1, -0.05) is 42.2 Å². The fourth-order valence-electron chi connectivity index (χ4n) is 2.49. The fourth-order valence-corrected chi connectivity index (χ4v) is 5.08. The predicted molar refractivity (Wildman–Crippen MR) is 103 cm³/mol. The molecule has 8 nitrogen and oxygen atoms in total. The van der Waals surface area contributed by atoms with Gasteiger partial charge in [-0.25, -0.2) is 8.42 Å². The molecule has 11 heteroatoms. The predicted octanol–water partition coefficient (Wildman–Crippen LogP) is 2.21. The van der Waals surface area contributed by atoms with Crippen LogP contribution >= 0.6 is 23.1 Å². The van der Waals surface area contributed by atoms with Crippen LogP contribution in [0.2, 0.25) is 0 Å². The number of para-hydroxylation sites is 2. The summed E-state index contributed by atoms with van der Waals surface area (Å²) in [6.07, 6.45) is 0.537. The highest BCUT2D eigenvalue weighted by Crippen LogP contribution is 2.34. The highest BCUT2D eigenvalue weighted by Gasteiger charge is 2.31. The highest BCUT2D eigenvalue weighted by atomic mass is 32.2. The number of nitrogens with zero attached hydrogens (tertiary/aromatic N) is 3. The quantitative estimate of drug-likeness (QED) is 0.591. The molecule has 1 aromatic heterocycles. The van der Waals surface area contributed by atoms with E-state index in [9.17, 15) is 13.2 Å². The lowest BCUT2D eigenvalue weighted by Crippen LogP contribution is -2.35. The largest absolute Gasteiger partial charge is 0.478 e. The van der Waals surface area contributed by atoms with Gasteiger partial charge in [0.2, 0.25) is 15.2 Å². The van der Waals surface area contributed by atoms with Gasteiger partial charge in [-0.15, -0.1) is 10.2 Å². The number of anilines is 2. The fraction of sp³-hybridized carbons (Fsp3) is 0.400. The minimum atomic E-state index is -3.48. The van der Waals surface area contributed by atoms with Crippen molar-refractivity contribution >= 4 is 49.8 Å². The molecule has 140 valence electrons. The van der Waals surface area contributed by atoms with Gasteiger partial charge in [0.15, 0.2) is 10.4 Å². The second-order valence-corrected chi connectivity index (χ2v) is 9.89. The molecule has 2 aromatic rings. The summed E-state index contributed by atoms with van der Waals surface area (Å²) in [6.45, 7) is 2.16. The second-order valence-electron chi connectivity index (χ2n) is 5.49. The maximum Gasteiger partial charge on any atom is 0.267 e. The average Bonchev–Trinajstić information content (AvgIpc) is 2.91. The van der Waals surface area contributed by atoms with Crippen molar-refractivity contribution in [3.8, 4) is 5.75 Å². The SMILES string of the molecule is CCSc1nnc(NC(=O)C2CCN(S(C)(=O)=O)c3ccccc3O2)s1. The second kappa shape index (κ2) is 7.80. The number of amides is 1. The summed E-state index contributed by atoms with van der Waals surface area (Å²) >= 11 is 2.84. The van der Waals surface area contributed by atoms with Crippen LogP contribution in [-0.4, -0.2) is 49.2 Å². The molecule has 1 aromatic carbocycles. The number of benzene rings is 1. The molecule has 0 saturated heterocycles. The van der Waals surface area contributed by atoms with Crippen molar-refractivity contribution in [2.75, 3.05) is 28.2 Å². The first-order chi connectivity index (χ1) is 12.4. The molecule has 0 aliphatic carbocycles. The summed E-state index contributed by atoms with van der Waals surface area (Å²) in [6, 6.07) is 6.78. The van der Waals surface area contributed by atoms with Gasteiger partial charge in [0.1, 0.15) is 5.75 Å². The summed E-state index contributed by atoms with van der Waals surface area (Å²) in [7, 11) is -3.48. The van der Waals surface area contributed by atoms with E-state index in [2.05, 4.69) is 15.5 Å². The Labute approximate surface area is 160 Å². The van der Waals surface area contributed by atoms with Crippen LogP contribution in [0.25, 0.3) is 0 Å². The first-order valence-corrected chi connectivity index (χ1v) is 11.5. The van der Waals surface area contributed by atoms with Crippen molar-refractivity contribution in [1.82, 2.24) is 10.2 Å². The van der Waals surface area contributed by atoms with E-state index < -0.39 is 16.1 Å². The number of nitrogens with one attached hydrogen (secondary N) is 1. The molecular weight excluding hydrogens is 396 g/mol. The van der Waals surface area contributed by atoms with E-state index in [0.717, 1.165) is 16.3 Å². The van der Waals surface area contributed by atoms with Crippen LogP contribution in [-0.2, 0) is 14.8 Å². The smallest absolute Gasteiger partial charge is 0.267 e. The summed E-state index contributed by atoms with van der Waals surface area (Å²) in [5.41, 5.74) is 0.433. The van der Waals surface area contributed by atoms with E-state index in [1.54, 1.807) is 36.0 Å². The molecule has 1 aliphatic heterocycles. The van der Waals surface area contributed by atoms with Gasteiger partial charge >= 0.3 is 0 Å². The van der Waals surface area contributed by atoms with Gasteiger partial charge in [-0.3, -0.25) is 14.4 Å². The van der Waals surface area contributed by atoms with Crippen LogP contribution in [0.4, 0.5) is 10.8 Å². The van der Waals surface area contributed by atoms with Crippen molar-refractivity contribution in [1.29, 1.82) is 0 Å². The van der Waals surface area contributed by atoms with Crippen LogP contribution in [0.1, 0.15) is 13.3 Å². The normalized spacial score (nSPS) is 17.2. The Balaban J connectivity index is 1.78. The third kappa shape index (κ3) is 4.27. The van der Waals surface area contributed by atoms with E-state index in [1.807, 2.05) is 6.92 Å². The Bertz CT molecular complexity index is 900. The number of hydrogen-bond donors (Lipinski definition) is 1. The first kappa shape index (κ1) is 18.9. The lowest BCUT2D eigenvalue weighted by atomic mass is 10.2. The number of carbonyl (C=O) groups excluding carboxylic acids is 1. The summed E-state index contributed by atoms with van der Waals surface area (Å²) in [5, 5.41) is 11.0. The maximum atomic E-state index is 12.6. The average molecular weight is 415 g/mol. The number of aromatic nitrogens is 2. The number of fused-ring (bicyclic) bond motifs is 1. The summed E-state index contributed by atoms with van der Waals surface area (Å²) in [4.78, 5) is 12.6. The Kier molecular flexibility index (Phi) is 5.68. The highest BCUT2D eigenvalue weighted by molar-refractivity contribution is 8.01. The van der Waals surface area contributed by atoms with E-state index in [-0.39, 0.29) is 18.9 Å². The van der Waals surface area contributed by atoms with Gasteiger partial charge in [-0.2, -0.15) is 0 Å². The van der Waals surface area contributed by atoms with Crippen molar-refractivity contribution in [2.24, 2.45) is 0 Å². The Morgan fingerprint density at radius 3 is 2.92 bits per heavy atom. The van der Waals surface area contributed by atoms with Crippen LogP contribution < -0.4 is 14.4 Å². The molecule has 1 unspecified atom stereocenters. The van der Waals surface area contributed by atoms with Gasteiger partial charge in [0, 0.05) is 13.0 Å². The molecule has 2 heterocycles. The van der Waals surface area contributed by atoms with E-state index in [4.69, 9.17) is 4.74 Å². The molecule has 0 spiro atoms. The zero-order valence-electron chi connectivity index (χ0n) is 14.2. The van der Waals surface area contributed by atoms with Crippen molar-refractivity contribution in [2.45, 2.75) is 23.8 Å². The van der Waals surface area contributed by atoms with Crippen molar-refractivity contribution in [3.63, 3.8) is 0 Å². The number of thioether (sulfide) groups is 1. The molecule has 3 rings (SSSR count). The molecular formula is C15H18N4O4S3. The Morgan fingerprint density at radius 2 is 2.19 bits per heavy atom. The van der Waals surface area contributed by atoms with Crippen LogP contribution in [0.3, 0.4) is 0 Å². The zero-order valence-corrected chi connectivity index (χ0v) is 16.7. The Morgan fingerprint density at radius 1 is 1.42 bits per heavy atom. The van der Waals surface area contributed by atoms with E-state index >= 15 is 0 Å². The van der Waals surface area contributed by atoms with Crippen molar-refractivity contribution < 1.29 is 17.9 Å². The third-order valence-electron chi connectivity index (χ3n) is 3.59. The number of sulfonamides is 1. The molecule has 26 heavy (non-hydrogen) atoms. The molecule has 0 fully saturated rings. The molecule has 1 atom stereocenters. The topological polar surface area (TPSA) is 101 Å². The molecule has 0 radical (unpaired) electrons. The standard InChI is InChI=1S/C15H18N4O4S3/c1-3-24-15-18-17-14(25-15)16-13(20)12-8-9-19(26(2,21)22)10-6-4-5-7-11(10)23-12/h4-7,12H,3,8-9H2,1-2H3,(H,16,17,20). The zero-order chi connectivity index (χ0) is 18.7. The molecule has 1 aliphatic rings. The lowest BCUT2D eigenvalue weighted by Gasteiger charge is -2.20. The molecule has 1 amide bonds. The lowest BCUT2D eigenvalue weighted by molar-refractivity contribution is -0.122. The first-order valence-electron chi connectivity index (χ1n) is 7.89. The molecule has 0 saturated carbocycles. The maximum absolute atomic E-state index is 12.6. The van der Waals surface area contributed by atoms with Gasteiger partial charge in [0.25, 0.3) is 5.91 Å². The Hall–Kier alpha value is -1.85. The van der Waals surface area contributed by atoms with Crippen LogP contribution in [0.15, 0.2) is 28.6 Å². The van der Waals surface area contributed by atoms with Gasteiger partial charge in [0.05, 0.1) is 11.9 Å². The van der Waals surface area contributed by atoms with Gasteiger partial charge < -0.3 is 4.74 Å². The number of ether oxygens (including phenoxy) is 1. The monoisotopic (exact) mass is 414 g/mol. The summed E-state index contributed by atoms with van der Waals surface area (Å²) in [5.74, 6) is 0.848. The minimum absolute atomic E-state index is 0.154. The number of hydrogen-bond acceptors (Lipinski definition) is 8. The molecule has 1 N–H and O–H groups in total. The van der Waals surface area contributed by atoms with E-state index in [0.29, 0.717) is 16.6 Å². The van der Waals surface area contributed by atoms with Crippen LogP contribution in [0, 0.1) is 0 Å². The number of carbonyl (C=O) groups is 1. The third-order valence-corrected chi connectivity index (χ3v) is 6.63. The minimum Gasteiger partial charge on any atom is -0.478 e. The van der Waals surface area contributed by atoms with Gasteiger partial charge in [-0.05, 0) is 17.9 Å².